The molecule has 0 heterocycles. The number of hydrogen-bond donors (Lipinski definition) is 1. The Morgan fingerprint density at radius 2 is 1.95 bits per heavy atom. The van der Waals surface area contributed by atoms with Crippen molar-refractivity contribution in [3.8, 4) is 0 Å². The monoisotopic (exact) mass is 284 g/mol. The molecular formula is C15H32N4O. The van der Waals surface area contributed by atoms with E-state index in [1.165, 1.54) is 0 Å². The molecule has 0 aromatic rings. The maximum absolute atomic E-state index is 5.48. The van der Waals surface area contributed by atoms with Gasteiger partial charge in [-0.3, -0.25) is 4.99 Å². The third-order valence-electron chi connectivity index (χ3n) is 2.65. The number of ether oxygens (including phenoxy) is 1. The van der Waals surface area contributed by atoms with E-state index in [4.69, 9.17) is 10.6 Å². The summed E-state index contributed by atoms with van der Waals surface area (Å²) in [4.78, 5) is 6.58. The number of nitrogens with two attached hydrogens (primary N) is 1. The summed E-state index contributed by atoms with van der Waals surface area (Å²) in [7, 11) is 2.07. The second-order valence-electron chi connectivity index (χ2n) is 5.87. The molecule has 0 amide bonds. The summed E-state index contributed by atoms with van der Waals surface area (Å²) >= 11 is 0. The second kappa shape index (κ2) is 11.9. The van der Waals surface area contributed by atoms with Crippen molar-refractivity contribution in [1.29, 1.82) is 0 Å². The smallest absolute Gasteiger partial charge is 0.0918 e. The Labute approximate surface area is 124 Å². The first-order valence-electron chi connectivity index (χ1n) is 7.52. The molecule has 5 heteroatoms. The molecule has 0 bridgehead atoms. The Hall–Kier alpha value is -0.940. The predicted octanol–water partition coefficient (Wildman–Crippen LogP) is 2.16. The van der Waals surface area contributed by atoms with E-state index in [1.807, 2.05) is 0 Å². The highest BCUT2D eigenvalue weighted by atomic mass is 16.5. The Balaban J connectivity index is 3.80. The van der Waals surface area contributed by atoms with Gasteiger partial charge in [0.2, 0.25) is 0 Å². The van der Waals surface area contributed by atoms with Gasteiger partial charge in [0.15, 0.2) is 0 Å². The standard InChI is InChI=1S/C15H32N4O/c1-13(2)11-19(5)12-15(18-16)10-17-8-6-7-9-20-14(3)4/h10,13-14H,6-9,11-12,16H2,1-5H3. The van der Waals surface area contributed by atoms with Crippen LogP contribution in [0.1, 0.15) is 40.5 Å². The van der Waals surface area contributed by atoms with Gasteiger partial charge in [-0.25, -0.2) is 0 Å². The molecule has 0 unspecified atom stereocenters. The molecule has 118 valence electrons. The summed E-state index contributed by atoms with van der Waals surface area (Å²) in [6, 6.07) is 0. The van der Waals surface area contributed by atoms with Gasteiger partial charge in [0.1, 0.15) is 0 Å². The summed E-state index contributed by atoms with van der Waals surface area (Å²) in [6.45, 7) is 11.9. The van der Waals surface area contributed by atoms with Crippen LogP contribution < -0.4 is 5.84 Å². The van der Waals surface area contributed by atoms with Gasteiger partial charge < -0.3 is 15.5 Å². The lowest BCUT2D eigenvalue weighted by atomic mass is 10.2. The van der Waals surface area contributed by atoms with Crippen molar-refractivity contribution < 1.29 is 4.74 Å². The fourth-order valence-electron chi connectivity index (χ4n) is 1.87. The first kappa shape index (κ1) is 19.1. The van der Waals surface area contributed by atoms with Gasteiger partial charge >= 0.3 is 0 Å². The summed E-state index contributed by atoms with van der Waals surface area (Å²) < 4.78 is 5.48. The summed E-state index contributed by atoms with van der Waals surface area (Å²) in [5.41, 5.74) is 0.826. The Bertz CT molecular complexity index is 288. The highest BCUT2D eigenvalue weighted by molar-refractivity contribution is 6.31. The number of hydrogen-bond acceptors (Lipinski definition) is 5. The minimum Gasteiger partial charge on any atom is -0.379 e. The molecule has 20 heavy (non-hydrogen) atoms. The average molecular weight is 284 g/mol. The van der Waals surface area contributed by atoms with Gasteiger partial charge in [0.25, 0.3) is 0 Å². The van der Waals surface area contributed by atoms with Gasteiger partial charge in [-0.1, -0.05) is 13.8 Å². The minimum atomic E-state index is 0.311. The molecule has 0 saturated heterocycles. The van der Waals surface area contributed by atoms with Crippen molar-refractivity contribution in [3.05, 3.63) is 0 Å². The van der Waals surface area contributed by atoms with Crippen LogP contribution in [0.2, 0.25) is 0 Å². The van der Waals surface area contributed by atoms with E-state index < -0.39 is 0 Å². The number of nitrogens with zero attached hydrogens (tertiary/aromatic N) is 3. The van der Waals surface area contributed by atoms with E-state index in [1.54, 1.807) is 6.21 Å². The van der Waals surface area contributed by atoms with Crippen molar-refractivity contribution in [2.24, 2.45) is 21.9 Å². The lowest BCUT2D eigenvalue weighted by Crippen LogP contribution is -2.30. The molecule has 0 rings (SSSR count). The van der Waals surface area contributed by atoms with Crippen LogP contribution in [-0.2, 0) is 4.74 Å². The number of unbranched alkanes of at least 4 members (excludes halogenated alkanes) is 1. The zero-order valence-electron chi connectivity index (χ0n) is 13.8. The molecule has 0 aromatic carbocycles. The molecule has 0 saturated carbocycles. The predicted molar refractivity (Wildman–Crippen MR) is 87.6 cm³/mol. The van der Waals surface area contributed by atoms with Crippen LogP contribution in [0.3, 0.4) is 0 Å². The van der Waals surface area contributed by atoms with E-state index in [2.05, 4.69) is 49.7 Å². The van der Waals surface area contributed by atoms with E-state index in [0.29, 0.717) is 12.0 Å². The maximum atomic E-state index is 5.48. The van der Waals surface area contributed by atoms with Crippen LogP contribution in [0.5, 0.6) is 0 Å². The highest BCUT2D eigenvalue weighted by Crippen LogP contribution is 1.96. The third kappa shape index (κ3) is 12.1. The lowest BCUT2D eigenvalue weighted by molar-refractivity contribution is 0.0764. The van der Waals surface area contributed by atoms with E-state index in [-0.39, 0.29) is 0 Å². The van der Waals surface area contributed by atoms with Gasteiger partial charge in [0.05, 0.1) is 11.8 Å². The van der Waals surface area contributed by atoms with Crippen molar-refractivity contribution in [2.75, 3.05) is 33.3 Å². The molecule has 0 aromatic heterocycles. The van der Waals surface area contributed by atoms with Gasteiger partial charge in [0, 0.05) is 32.5 Å². The minimum absolute atomic E-state index is 0.311. The van der Waals surface area contributed by atoms with Crippen LogP contribution in [0.15, 0.2) is 10.1 Å². The highest BCUT2D eigenvalue weighted by Gasteiger charge is 2.04. The van der Waals surface area contributed by atoms with Gasteiger partial charge in [-0.05, 0) is 39.7 Å². The largest absolute Gasteiger partial charge is 0.379 e. The van der Waals surface area contributed by atoms with Gasteiger partial charge in [-0.15, -0.1) is 0 Å². The molecule has 0 aliphatic rings. The zero-order chi connectivity index (χ0) is 15.4. The normalized spacial score (nSPS) is 13.3. The van der Waals surface area contributed by atoms with E-state index in [0.717, 1.165) is 44.8 Å². The number of rotatable bonds is 11. The molecular weight excluding hydrogens is 252 g/mol. The molecule has 0 fully saturated rings. The number of hydrazone groups is 1. The van der Waals surface area contributed by atoms with E-state index in [9.17, 15) is 0 Å². The quantitative estimate of drug-likeness (QED) is 0.274. The first-order chi connectivity index (χ1) is 9.45. The topological polar surface area (TPSA) is 63.2 Å². The molecule has 0 aliphatic carbocycles. The summed E-state index contributed by atoms with van der Waals surface area (Å²) in [5.74, 6) is 6.03. The molecule has 0 aliphatic heterocycles. The fraction of sp³-hybridized carbons (Fsp3) is 0.867. The Morgan fingerprint density at radius 1 is 1.25 bits per heavy atom. The second-order valence-corrected chi connectivity index (χ2v) is 5.87. The molecule has 5 nitrogen and oxygen atoms in total. The van der Waals surface area contributed by atoms with E-state index >= 15 is 0 Å². The van der Waals surface area contributed by atoms with Crippen LogP contribution in [0.25, 0.3) is 0 Å². The first-order valence-corrected chi connectivity index (χ1v) is 7.52. The zero-order valence-corrected chi connectivity index (χ0v) is 13.8. The fourth-order valence-corrected chi connectivity index (χ4v) is 1.87. The number of aliphatic imine (C=N–C) groups is 1. The van der Waals surface area contributed by atoms with Crippen molar-refractivity contribution in [1.82, 2.24) is 4.90 Å². The van der Waals surface area contributed by atoms with Crippen LogP contribution in [0, 0.1) is 5.92 Å². The maximum Gasteiger partial charge on any atom is 0.0918 e. The molecule has 0 atom stereocenters. The lowest BCUT2D eigenvalue weighted by Gasteiger charge is -2.18. The van der Waals surface area contributed by atoms with Crippen LogP contribution >= 0.6 is 0 Å². The Morgan fingerprint density at radius 3 is 2.50 bits per heavy atom. The summed E-state index contributed by atoms with van der Waals surface area (Å²) in [6.07, 6.45) is 4.17. The molecule has 0 radical (unpaired) electrons. The van der Waals surface area contributed by atoms with Gasteiger partial charge in [-0.2, -0.15) is 5.10 Å². The molecule has 0 spiro atoms. The average Bonchev–Trinajstić information content (AvgIpc) is 2.34. The SMILES string of the molecule is CC(C)CN(C)CC(C=NCCCCOC(C)C)=NN. The molecule has 2 N–H and O–H groups in total. The van der Waals surface area contributed by atoms with Crippen LogP contribution in [-0.4, -0.2) is 56.2 Å². The van der Waals surface area contributed by atoms with Crippen molar-refractivity contribution >= 4 is 11.9 Å². The van der Waals surface area contributed by atoms with Crippen molar-refractivity contribution in [2.45, 2.75) is 46.6 Å². The third-order valence-corrected chi connectivity index (χ3v) is 2.65. The Kier molecular flexibility index (Phi) is 11.3. The summed E-state index contributed by atoms with van der Waals surface area (Å²) in [5, 5.41) is 3.79. The van der Waals surface area contributed by atoms with Crippen LogP contribution in [0.4, 0.5) is 0 Å². The van der Waals surface area contributed by atoms with Crippen molar-refractivity contribution in [3.63, 3.8) is 0 Å².